The van der Waals surface area contributed by atoms with Gasteiger partial charge in [0, 0.05) is 24.8 Å². The van der Waals surface area contributed by atoms with Crippen molar-refractivity contribution in [2.75, 3.05) is 13.1 Å². The molecule has 118 valence electrons. The molecule has 0 radical (unpaired) electrons. The molecular weight excluding hydrogens is 290 g/mol. The van der Waals surface area contributed by atoms with Gasteiger partial charge in [-0.3, -0.25) is 9.59 Å². The molecule has 0 aliphatic heterocycles. The minimum Gasteiger partial charge on any atom is -0.351 e. The van der Waals surface area contributed by atoms with E-state index in [0.29, 0.717) is 24.0 Å². The van der Waals surface area contributed by atoms with E-state index in [4.69, 9.17) is 5.73 Å². The number of carbonyl (C=O) groups is 1. The summed E-state index contributed by atoms with van der Waals surface area (Å²) in [7, 11) is 0. The molecule has 3 rings (SSSR count). The maximum Gasteiger partial charge on any atom is 0.256 e. The third kappa shape index (κ3) is 2.59. The number of benzene rings is 2. The van der Waals surface area contributed by atoms with Crippen molar-refractivity contribution in [1.29, 1.82) is 0 Å². The number of aromatic nitrogens is 1. The van der Waals surface area contributed by atoms with Crippen molar-refractivity contribution in [2.24, 2.45) is 5.73 Å². The first kappa shape index (κ1) is 15.2. The summed E-state index contributed by atoms with van der Waals surface area (Å²) in [6.07, 6.45) is 1.60. The van der Waals surface area contributed by atoms with Crippen LogP contribution in [0.1, 0.15) is 21.5 Å². The molecule has 0 saturated carbocycles. The lowest BCUT2D eigenvalue weighted by molar-refractivity contribution is 0.0956. The van der Waals surface area contributed by atoms with Crippen LogP contribution < -0.4 is 16.6 Å². The van der Waals surface area contributed by atoms with Crippen LogP contribution in [0.2, 0.25) is 0 Å². The lowest BCUT2D eigenvalue weighted by atomic mass is 9.94. The average molecular weight is 309 g/mol. The van der Waals surface area contributed by atoms with Crippen LogP contribution in [0.15, 0.2) is 35.3 Å². The van der Waals surface area contributed by atoms with Crippen molar-refractivity contribution in [3.63, 3.8) is 0 Å². The van der Waals surface area contributed by atoms with E-state index in [1.165, 1.54) is 0 Å². The van der Waals surface area contributed by atoms with Crippen LogP contribution in [-0.2, 0) is 0 Å². The zero-order valence-corrected chi connectivity index (χ0v) is 13.2. The number of H-pyrrole nitrogens is 1. The third-order valence-electron chi connectivity index (χ3n) is 4.16. The molecule has 3 aromatic rings. The summed E-state index contributed by atoms with van der Waals surface area (Å²) in [6, 6.07) is 7.52. The van der Waals surface area contributed by atoms with E-state index in [2.05, 4.69) is 10.3 Å². The first-order valence-corrected chi connectivity index (χ1v) is 7.56. The second-order valence-electron chi connectivity index (χ2n) is 5.72. The molecule has 0 aliphatic carbocycles. The number of rotatable bonds is 3. The molecule has 5 heteroatoms. The zero-order chi connectivity index (χ0) is 16.6. The molecule has 1 aromatic heterocycles. The summed E-state index contributed by atoms with van der Waals surface area (Å²) in [5.41, 5.74) is 8.04. The zero-order valence-electron chi connectivity index (χ0n) is 13.2. The molecule has 0 spiro atoms. The van der Waals surface area contributed by atoms with E-state index >= 15 is 0 Å². The Labute approximate surface area is 133 Å². The van der Waals surface area contributed by atoms with Crippen molar-refractivity contribution in [3.8, 4) is 0 Å². The largest absolute Gasteiger partial charge is 0.351 e. The smallest absolute Gasteiger partial charge is 0.256 e. The SMILES string of the molecule is Cc1cc2c(C(=O)NCCN)cc3cc[nH]c(=O)c3c2cc1C. The van der Waals surface area contributed by atoms with E-state index in [1.807, 2.05) is 32.0 Å². The number of amides is 1. The van der Waals surface area contributed by atoms with Crippen LogP contribution >= 0.6 is 0 Å². The molecule has 0 saturated heterocycles. The van der Waals surface area contributed by atoms with Crippen LogP contribution in [0.25, 0.3) is 21.5 Å². The Morgan fingerprint density at radius 2 is 1.87 bits per heavy atom. The molecule has 0 aliphatic rings. The Balaban J connectivity index is 2.41. The highest BCUT2D eigenvalue weighted by atomic mass is 16.1. The lowest BCUT2D eigenvalue weighted by Crippen LogP contribution is -2.29. The molecule has 5 nitrogen and oxygen atoms in total. The van der Waals surface area contributed by atoms with E-state index < -0.39 is 0 Å². The van der Waals surface area contributed by atoms with Gasteiger partial charge in [0.15, 0.2) is 0 Å². The number of hydrogen-bond acceptors (Lipinski definition) is 3. The van der Waals surface area contributed by atoms with Gasteiger partial charge in [-0.25, -0.2) is 0 Å². The first-order chi connectivity index (χ1) is 11.0. The summed E-state index contributed by atoms with van der Waals surface area (Å²) < 4.78 is 0. The third-order valence-corrected chi connectivity index (χ3v) is 4.16. The maximum atomic E-state index is 12.5. The van der Waals surface area contributed by atoms with Gasteiger partial charge in [-0.15, -0.1) is 0 Å². The molecule has 23 heavy (non-hydrogen) atoms. The molecule has 2 aromatic carbocycles. The van der Waals surface area contributed by atoms with Gasteiger partial charge in [-0.1, -0.05) is 12.1 Å². The minimum absolute atomic E-state index is 0.148. The normalized spacial score (nSPS) is 11.1. The number of aryl methyl sites for hydroxylation is 2. The molecular formula is C18H19N3O2. The van der Waals surface area contributed by atoms with Crippen molar-refractivity contribution in [1.82, 2.24) is 10.3 Å². The van der Waals surface area contributed by atoms with Crippen LogP contribution in [0.3, 0.4) is 0 Å². The Kier molecular flexibility index (Phi) is 3.88. The van der Waals surface area contributed by atoms with Crippen LogP contribution in [-0.4, -0.2) is 24.0 Å². The van der Waals surface area contributed by atoms with Crippen LogP contribution in [0, 0.1) is 13.8 Å². The Bertz CT molecular complexity index is 973. The van der Waals surface area contributed by atoms with Gasteiger partial charge < -0.3 is 16.0 Å². The van der Waals surface area contributed by atoms with Gasteiger partial charge in [0.1, 0.15) is 0 Å². The molecule has 0 unspecified atom stereocenters. The fourth-order valence-electron chi connectivity index (χ4n) is 2.84. The summed E-state index contributed by atoms with van der Waals surface area (Å²) in [6.45, 7) is 4.79. The average Bonchev–Trinajstić information content (AvgIpc) is 2.53. The number of carbonyl (C=O) groups excluding carboxylic acids is 1. The first-order valence-electron chi connectivity index (χ1n) is 7.56. The van der Waals surface area contributed by atoms with Crippen molar-refractivity contribution in [3.05, 3.63) is 57.5 Å². The molecule has 1 heterocycles. The number of hydrogen-bond donors (Lipinski definition) is 3. The number of aromatic amines is 1. The predicted octanol–water partition coefficient (Wildman–Crippen LogP) is 1.99. The van der Waals surface area contributed by atoms with Gasteiger partial charge in [-0.05, 0) is 53.3 Å². The van der Waals surface area contributed by atoms with E-state index in [9.17, 15) is 9.59 Å². The highest BCUT2D eigenvalue weighted by Gasteiger charge is 2.15. The highest BCUT2D eigenvalue weighted by molar-refractivity contribution is 6.17. The quantitative estimate of drug-likeness (QED) is 0.646. The standard InChI is InChI=1S/C18H19N3O2/c1-10-7-13-14(8-11(10)2)16-12(3-5-20-18(16)23)9-15(13)17(22)21-6-4-19/h3,5,7-9H,4,6,19H2,1-2H3,(H,20,23)(H,21,22). The van der Waals surface area contributed by atoms with E-state index in [1.54, 1.807) is 12.3 Å². The second-order valence-corrected chi connectivity index (χ2v) is 5.72. The monoisotopic (exact) mass is 309 g/mol. The fourth-order valence-corrected chi connectivity index (χ4v) is 2.84. The lowest BCUT2D eigenvalue weighted by Gasteiger charge is -2.12. The van der Waals surface area contributed by atoms with Gasteiger partial charge in [0.05, 0.1) is 5.39 Å². The number of pyridine rings is 1. The summed E-state index contributed by atoms with van der Waals surface area (Å²) in [4.78, 5) is 27.5. The van der Waals surface area contributed by atoms with Gasteiger partial charge in [0.2, 0.25) is 0 Å². The van der Waals surface area contributed by atoms with Crippen molar-refractivity contribution >= 4 is 27.5 Å². The van der Waals surface area contributed by atoms with Gasteiger partial charge >= 0.3 is 0 Å². The van der Waals surface area contributed by atoms with Crippen LogP contribution in [0.5, 0.6) is 0 Å². The minimum atomic E-state index is -0.175. The molecule has 0 fully saturated rings. The molecule has 0 atom stereocenters. The van der Waals surface area contributed by atoms with E-state index in [0.717, 1.165) is 27.3 Å². The van der Waals surface area contributed by atoms with Crippen LogP contribution in [0.4, 0.5) is 0 Å². The van der Waals surface area contributed by atoms with E-state index in [-0.39, 0.29) is 11.5 Å². The number of nitrogens with two attached hydrogens (primary N) is 1. The molecule has 1 amide bonds. The summed E-state index contributed by atoms with van der Waals surface area (Å²) in [5, 5.41) is 5.75. The summed E-state index contributed by atoms with van der Waals surface area (Å²) >= 11 is 0. The summed E-state index contributed by atoms with van der Waals surface area (Å²) in [5.74, 6) is -0.175. The highest BCUT2D eigenvalue weighted by Crippen LogP contribution is 2.29. The Morgan fingerprint density at radius 3 is 2.57 bits per heavy atom. The molecule has 0 bridgehead atoms. The Morgan fingerprint density at radius 1 is 1.17 bits per heavy atom. The fraction of sp³-hybridized carbons (Fsp3) is 0.222. The van der Waals surface area contributed by atoms with Crippen molar-refractivity contribution < 1.29 is 4.79 Å². The second kappa shape index (κ2) is 5.85. The predicted molar refractivity (Wildman–Crippen MR) is 92.9 cm³/mol. The van der Waals surface area contributed by atoms with Gasteiger partial charge in [0.25, 0.3) is 11.5 Å². The number of nitrogens with one attached hydrogen (secondary N) is 2. The molecule has 4 N–H and O–H groups in total. The van der Waals surface area contributed by atoms with Gasteiger partial charge in [-0.2, -0.15) is 0 Å². The number of fused-ring (bicyclic) bond motifs is 3. The maximum absolute atomic E-state index is 12.5. The van der Waals surface area contributed by atoms with Crippen molar-refractivity contribution in [2.45, 2.75) is 13.8 Å². The Hall–Kier alpha value is -2.66. The topological polar surface area (TPSA) is 88.0 Å².